The molecule has 15 heavy (non-hydrogen) atoms. The van der Waals surface area contributed by atoms with Gasteiger partial charge in [0.1, 0.15) is 5.75 Å². The van der Waals surface area contributed by atoms with Crippen LogP contribution in [0, 0.1) is 0 Å². The second-order valence-corrected chi connectivity index (χ2v) is 3.98. The molecule has 0 aliphatic carbocycles. The summed E-state index contributed by atoms with van der Waals surface area (Å²) in [6.07, 6.45) is 0. The number of hydrogen-bond acceptors (Lipinski definition) is 3. The van der Waals surface area contributed by atoms with Crippen LogP contribution in [0.2, 0.25) is 0 Å². The Morgan fingerprint density at radius 2 is 2.27 bits per heavy atom. The van der Waals surface area contributed by atoms with Gasteiger partial charge < -0.3 is 15.8 Å². The molecule has 82 valence electrons. The number of ether oxygens (including phenoxy) is 1. The Morgan fingerprint density at radius 1 is 1.60 bits per heavy atom. The first kappa shape index (κ1) is 12.0. The Morgan fingerprint density at radius 3 is 2.80 bits per heavy atom. The molecule has 4 nitrogen and oxygen atoms in total. The minimum atomic E-state index is -0.539. The van der Waals surface area contributed by atoms with Gasteiger partial charge in [0.05, 0.1) is 18.8 Å². The highest BCUT2D eigenvalue weighted by molar-refractivity contribution is 9.10. The van der Waals surface area contributed by atoms with Crippen molar-refractivity contribution in [1.29, 1.82) is 0 Å². The van der Waals surface area contributed by atoms with E-state index in [1.54, 1.807) is 32.2 Å². The van der Waals surface area contributed by atoms with Crippen LogP contribution in [0.15, 0.2) is 22.7 Å². The van der Waals surface area contributed by atoms with Crippen molar-refractivity contribution in [2.75, 3.05) is 12.4 Å². The van der Waals surface area contributed by atoms with Crippen LogP contribution in [-0.2, 0) is 4.79 Å². The summed E-state index contributed by atoms with van der Waals surface area (Å²) in [6, 6.07) is 4.79. The fraction of sp³-hybridized carbons (Fsp3) is 0.300. The average molecular weight is 273 g/mol. The molecule has 0 fully saturated rings. The number of anilines is 1. The summed E-state index contributed by atoms with van der Waals surface area (Å²) < 4.78 is 5.84. The molecule has 0 spiro atoms. The van der Waals surface area contributed by atoms with E-state index in [4.69, 9.17) is 10.5 Å². The summed E-state index contributed by atoms with van der Waals surface area (Å²) in [5.74, 6) is 0.446. The Kier molecular flexibility index (Phi) is 4.11. The molecule has 1 rings (SSSR count). The number of benzene rings is 1. The molecular weight excluding hydrogens is 260 g/mol. The molecule has 0 radical (unpaired) electrons. The van der Waals surface area contributed by atoms with Crippen LogP contribution in [0.25, 0.3) is 0 Å². The average Bonchev–Trinajstić information content (AvgIpc) is 2.21. The van der Waals surface area contributed by atoms with Crippen LogP contribution in [-0.4, -0.2) is 19.1 Å². The summed E-state index contributed by atoms with van der Waals surface area (Å²) >= 11 is 3.33. The molecule has 1 amide bonds. The van der Waals surface area contributed by atoms with Crippen LogP contribution in [0.5, 0.6) is 5.75 Å². The lowest BCUT2D eigenvalue weighted by Gasteiger charge is -2.10. The summed E-state index contributed by atoms with van der Waals surface area (Å²) in [7, 11) is 1.57. The minimum Gasteiger partial charge on any atom is -0.497 e. The number of amides is 1. The van der Waals surface area contributed by atoms with E-state index in [-0.39, 0.29) is 5.91 Å². The monoisotopic (exact) mass is 272 g/mol. The molecule has 1 aromatic carbocycles. The van der Waals surface area contributed by atoms with Gasteiger partial charge in [-0.25, -0.2) is 0 Å². The second kappa shape index (κ2) is 5.14. The normalized spacial score (nSPS) is 12.0. The molecule has 0 heterocycles. The van der Waals surface area contributed by atoms with Gasteiger partial charge in [0.15, 0.2) is 0 Å². The second-order valence-electron chi connectivity index (χ2n) is 3.12. The molecule has 0 aliphatic heterocycles. The van der Waals surface area contributed by atoms with E-state index in [0.717, 1.165) is 4.47 Å². The number of nitrogens with one attached hydrogen (secondary N) is 1. The number of carbonyl (C=O) groups excluding carboxylic acids is 1. The SMILES string of the molecule is COc1ccc(Br)c(NC(=O)C(C)N)c1. The third kappa shape index (κ3) is 3.21. The number of halogens is 1. The topological polar surface area (TPSA) is 64.3 Å². The minimum absolute atomic E-state index is 0.232. The van der Waals surface area contributed by atoms with Crippen molar-refractivity contribution < 1.29 is 9.53 Å². The highest BCUT2D eigenvalue weighted by atomic mass is 79.9. The molecule has 0 aromatic heterocycles. The van der Waals surface area contributed by atoms with E-state index in [2.05, 4.69) is 21.2 Å². The lowest BCUT2D eigenvalue weighted by molar-refractivity contribution is -0.117. The molecule has 3 N–H and O–H groups in total. The van der Waals surface area contributed by atoms with Gasteiger partial charge in [-0.1, -0.05) is 0 Å². The van der Waals surface area contributed by atoms with Gasteiger partial charge in [-0.2, -0.15) is 0 Å². The van der Waals surface area contributed by atoms with Crippen molar-refractivity contribution in [3.8, 4) is 5.75 Å². The first-order valence-electron chi connectivity index (χ1n) is 4.44. The van der Waals surface area contributed by atoms with Gasteiger partial charge in [0, 0.05) is 10.5 Å². The Labute approximate surface area is 96.9 Å². The highest BCUT2D eigenvalue weighted by Gasteiger charge is 2.10. The highest BCUT2D eigenvalue weighted by Crippen LogP contribution is 2.27. The Hall–Kier alpha value is -1.07. The van der Waals surface area contributed by atoms with Gasteiger partial charge in [0.2, 0.25) is 5.91 Å². The maximum atomic E-state index is 11.4. The number of carbonyl (C=O) groups is 1. The van der Waals surface area contributed by atoms with Crippen LogP contribution < -0.4 is 15.8 Å². The van der Waals surface area contributed by atoms with E-state index < -0.39 is 6.04 Å². The Bertz CT molecular complexity index is 366. The fourth-order valence-electron chi connectivity index (χ4n) is 0.974. The van der Waals surface area contributed by atoms with Crippen LogP contribution in [0.1, 0.15) is 6.92 Å². The van der Waals surface area contributed by atoms with Gasteiger partial charge in [-0.05, 0) is 35.0 Å². The van der Waals surface area contributed by atoms with Gasteiger partial charge in [-0.3, -0.25) is 4.79 Å². The summed E-state index contributed by atoms with van der Waals surface area (Å²) in [5.41, 5.74) is 6.10. The fourth-order valence-corrected chi connectivity index (χ4v) is 1.32. The number of nitrogens with two attached hydrogens (primary N) is 1. The first-order chi connectivity index (χ1) is 7.04. The lowest BCUT2D eigenvalue weighted by Crippen LogP contribution is -2.32. The van der Waals surface area contributed by atoms with Crippen molar-refractivity contribution in [2.24, 2.45) is 5.73 Å². The lowest BCUT2D eigenvalue weighted by atomic mass is 10.2. The number of rotatable bonds is 3. The smallest absolute Gasteiger partial charge is 0.241 e. The van der Waals surface area contributed by atoms with Gasteiger partial charge in [0.25, 0.3) is 0 Å². The standard InChI is InChI=1S/C10H13BrN2O2/c1-6(12)10(14)13-9-5-7(15-2)3-4-8(9)11/h3-6H,12H2,1-2H3,(H,13,14). The summed E-state index contributed by atoms with van der Waals surface area (Å²) in [5, 5.41) is 2.69. The zero-order chi connectivity index (χ0) is 11.4. The number of methoxy groups -OCH3 is 1. The van der Waals surface area contributed by atoms with Crippen molar-refractivity contribution >= 4 is 27.5 Å². The van der Waals surface area contributed by atoms with Crippen molar-refractivity contribution in [3.05, 3.63) is 22.7 Å². The molecule has 1 atom stereocenters. The summed E-state index contributed by atoms with van der Waals surface area (Å²) in [4.78, 5) is 11.4. The third-order valence-electron chi connectivity index (χ3n) is 1.84. The summed E-state index contributed by atoms with van der Waals surface area (Å²) in [6.45, 7) is 1.63. The largest absolute Gasteiger partial charge is 0.497 e. The van der Waals surface area contributed by atoms with Crippen LogP contribution in [0.3, 0.4) is 0 Å². The molecule has 5 heteroatoms. The maximum absolute atomic E-state index is 11.4. The zero-order valence-electron chi connectivity index (χ0n) is 8.58. The van der Waals surface area contributed by atoms with E-state index in [1.807, 2.05) is 0 Å². The third-order valence-corrected chi connectivity index (χ3v) is 2.54. The van der Waals surface area contributed by atoms with Crippen molar-refractivity contribution in [1.82, 2.24) is 0 Å². The number of hydrogen-bond donors (Lipinski definition) is 2. The maximum Gasteiger partial charge on any atom is 0.241 e. The molecule has 0 saturated carbocycles. The van der Waals surface area contributed by atoms with E-state index in [9.17, 15) is 4.79 Å². The molecule has 0 saturated heterocycles. The molecule has 0 aliphatic rings. The zero-order valence-corrected chi connectivity index (χ0v) is 10.2. The Balaban J connectivity index is 2.88. The molecule has 1 unspecified atom stereocenters. The van der Waals surface area contributed by atoms with E-state index in [1.165, 1.54) is 0 Å². The first-order valence-corrected chi connectivity index (χ1v) is 5.24. The van der Waals surface area contributed by atoms with E-state index in [0.29, 0.717) is 11.4 Å². The van der Waals surface area contributed by atoms with E-state index >= 15 is 0 Å². The molecular formula is C10H13BrN2O2. The molecule has 1 aromatic rings. The van der Waals surface area contributed by atoms with Gasteiger partial charge in [-0.15, -0.1) is 0 Å². The molecule has 0 bridgehead atoms. The van der Waals surface area contributed by atoms with Crippen molar-refractivity contribution in [2.45, 2.75) is 13.0 Å². The van der Waals surface area contributed by atoms with Crippen molar-refractivity contribution in [3.63, 3.8) is 0 Å². The van der Waals surface area contributed by atoms with Crippen LogP contribution >= 0.6 is 15.9 Å². The van der Waals surface area contributed by atoms with Crippen LogP contribution in [0.4, 0.5) is 5.69 Å². The quantitative estimate of drug-likeness (QED) is 0.881. The predicted molar refractivity (Wildman–Crippen MR) is 63.0 cm³/mol. The van der Waals surface area contributed by atoms with Gasteiger partial charge >= 0.3 is 0 Å². The predicted octanol–water partition coefficient (Wildman–Crippen LogP) is 1.74.